The van der Waals surface area contributed by atoms with Gasteiger partial charge in [-0.25, -0.2) is 0 Å². The van der Waals surface area contributed by atoms with Gasteiger partial charge in [-0.1, -0.05) is 77.3 Å². The van der Waals surface area contributed by atoms with Crippen molar-refractivity contribution in [3.63, 3.8) is 0 Å². The monoisotopic (exact) mass is 404 g/mol. The van der Waals surface area contributed by atoms with E-state index in [9.17, 15) is 0 Å². The molecule has 0 amide bonds. The number of allylic oxidation sites excluding steroid dienone is 12. The summed E-state index contributed by atoms with van der Waals surface area (Å²) in [5.74, 6) is 1.99. The van der Waals surface area contributed by atoms with E-state index in [-0.39, 0.29) is 5.41 Å². The molecule has 0 heteroatoms. The first-order chi connectivity index (χ1) is 14.3. The zero-order valence-corrected chi connectivity index (χ0v) is 20.4. The van der Waals surface area contributed by atoms with Crippen LogP contribution in [-0.2, 0) is 0 Å². The molecule has 3 rings (SSSR count). The third-order valence-electron chi connectivity index (χ3n) is 8.13. The second-order valence-electron chi connectivity index (χ2n) is 10.8. The lowest BCUT2D eigenvalue weighted by Gasteiger charge is -2.37. The summed E-state index contributed by atoms with van der Waals surface area (Å²) < 4.78 is 0. The molecule has 0 nitrogen and oxygen atoms in total. The molecule has 164 valence electrons. The Balaban J connectivity index is 1.73. The van der Waals surface area contributed by atoms with Gasteiger partial charge in [0, 0.05) is 5.92 Å². The first-order valence-electron chi connectivity index (χ1n) is 12.3. The summed E-state index contributed by atoms with van der Waals surface area (Å²) in [7, 11) is 0. The van der Waals surface area contributed by atoms with Gasteiger partial charge in [0.1, 0.15) is 0 Å². The molecule has 30 heavy (non-hydrogen) atoms. The van der Waals surface area contributed by atoms with Crippen LogP contribution in [0.5, 0.6) is 0 Å². The molecule has 0 spiro atoms. The van der Waals surface area contributed by atoms with E-state index in [0.717, 1.165) is 11.8 Å². The third-order valence-corrected chi connectivity index (χ3v) is 8.13. The quantitative estimate of drug-likeness (QED) is 0.316. The van der Waals surface area contributed by atoms with Gasteiger partial charge in [-0.3, -0.25) is 0 Å². The van der Waals surface area contributed by atoms with Crippen LogP contribution in [0, 0.1) is 23.2 Å². The molecule has 0 radical (unpaired) electrons. The number of rotatable bonds is 5. The molecule has 3 aliphatic carbocycles. The maximum atomic E-state index is 2.61. The zero-order valence-electron chi connectivity index (χ0n) is 20.4. The van der Waals surface area contributed by atoms with Crippen LogP contribution < -0.4 is 0 Å². The van der Waals surface area contributed by atoms with E-state index in [4.69, 9.17) is 0 Å². The van der Waals surface area contributed by atoms with Gasteiger partial charge in [0.25, 0.3) is 0 Å². The molecule has 0 saturated carbocycles. The number of hydrogen-bond donors (Lipinski definition) is 0. The van der Waals surface area contributed by atoms with Crippen molar-refractivity contribution in [1.29, 1.82) is 0 Å². The Bertz CT molecular complexity index is 794. The smallest absolute Gasteiger partial charge is 0.00404 e. The van der Waals surface area contributed by atoms with Crippen LogP contribution in [0.3, 0.4) is 0 Å². The largest absolute Gasteiger partial charge is 0.0850 e. The summed E-state index contributed by atoms with van der Waals surface area (Å²) in [5.41, 5.74) is 8.08. The Morgan fingerprint density at radius 3 is 2.03 bits per heavy atom. The van der Waals surface area contributed by atoms with Gasteiger partial charge in [-0.2, -0.15) is 0 Å². The van der Waals surface area contributed by atoms with E-state index in [1.165, 1.54) is 51.4 Å². The van der Waals surface area contributed by atoms with E-state index < -0.39 is 0 Å². The normalized spacial score (nSPS) is 33.9. The molecular formula is C30H44. The van der Waals surface area contributed by atoms with Gasteiger partial charge >= 0.3 is 0 Å². The molecule has 0 heterocycles. The van der Waals surface area contributed by atoms with Gasteiger partial charge in [-0.05, 0) is 103 Å². The highest BCUT2D eigenvalue weighted by atomic mass is 14.4. The molecule has 0 N–H and O–H groups in total. The molecule has 4 atom stereocenters. The summed E-state index contributed by atoms with van der Waals surface area (Å²) in [6.07, 6.45) is 27.5. The van der Waals surface area contributed by atoms with Crippen LogP contribution in [0.25, 0.3) is 0 Å². The van der Waals surface area contributed by atoms with Crippen LogP contribution in [0.4, 0.5) is 0 Å². The first-order valence-corrected chi connectivity index (χ1v) is 12.3. The molecule has 0 aromatic rings. The highest BCUT2D eigenvalue weighted by Gasteiger charge is 2.32. The summed E-state index contributed by atoms with van der Waals surface area (Å²) in [5, 5.41) is 0. The van der Waals surface area contributed by atoms with E-state index in [2.05, 4.69) is 84.1 Å². The lowest BCUT2D eigenvalue weighted by atomic mass is 9.67. The van der Waals surface area contributed by atoms with Crippen LogP contribution in [0.1, 0.15) is 92.9 Å². The maximum Gasteiger partial charge on any atom is 0.00404 e. The van der Waals surface area contributed by atoms with Crippen molar-refractivity contribution in [2.24, 2.45) is 23.2 Å². The maximum absolute atomic E-state index is 2.61. The molecule has 0 aromatic heterocycles. The highest BCUT2D eigenvalue weighted by molar-refractivity contribution is 5.27. The Morgan fingerprint density at radius 2 is 1.47 bits per heavy atom. The topological polar surface area (TPSA) is 0 Å². The highest BCUT2D eigenvalue weighted by Crippen LogP contribution is 2.43. The van der Waals surface area contributed by atoms with Crippen LogP contribution in [0.15, 0.2) is 70.4 Å². The van der Waals surface area contributed by atoms with E-state index >= 15 is 0 Å². The van der Waals surface area contributed by atoms with Gasteiger partial charge in [-0.15, -0.1) is 0 Å². The summed E-state index contributed by atoms with van der Waals surface area (Å²) in [6.45, 7) is 14.1. The van der Waals surface area contributed by atoms with Crippen molar-refractivity contribution in [1.82, 2.24) is 0 Å². The van der Waals surface area contributed by atoms with Gasteiger partial charge in [0.15, 0.2) is 0 Å². The zero-order chi connectivity index (χ0) is 21.7. The van der Waals surface area contributed by atoms with Crippen molar-refractivity contribution in [2.75, 3.05) is 0 Å². The van der Waals surface area contributed by atoms with Crippen molar-refractivity contribution in [2.45, 2.75) is 92.9 Å². The first kappa shape index (κ1) is 23.1. The summed E-state index contributed by atoms with van der Waals surface area (Å²) >= 11 is 0. The lowest BCUT2D eigenvalue weighted by Crippen LogP contribution is -2.26. The van der Waals surface area contributed by atoms with E-state index in [1.807, 2.05) is 0 Å². The molecule has 0 fully saturated rings. The van der Waals surface area contributed by atoms with Gasteiger partial charge in [0.2, 0.25) is 0 Å². The standard InChI is InChI=1S/C30H44/c1-22-9-13-27(14-10-22)25(4)8-7-18-30(6)19-17-24(3)20-29(30)21-26(5)28-15-11-23(2)12-16-28/h7-9,11,18,20-21,27-29H,10,12-17,19H2,1-6H3/b18-7+,25-8+,26-21+/t27-,28-,29+,30+/m0/s1. The van der Waals surface area contributed by atoms with Crippen LogP contribution in [-0.4, -0.2) is 0 Å². The molecule has 3 aliphatic rings. The molecule has 0 aromatic carbocycles. The molecule has 0 aliphatic heterocycles. The second-order valence-corrected chi connectivity index (χ2v) is 10.8. The minimum absolute atomic E-state index is 0.223. The predicted octanol–water partition coefficient (Wildman–Crippen LogP) is 9.29. The average molecular weight is 405 g/mol. The van der Waals surface area contributed by atoms with Crippen molar-refractivity contribution >= 4 is 0 Å². The average Bonchev–Trinajstić information content (AvgIpc) is 2.72. The Hall–Kier alpha value is -1.56. The molecule has 0 saturated heterocycles. The van der Waals surface area contributed by atoms with Crippen molar-refractivity contribution in [3.05, 3.63) is 70.4 Å². The van der Waals surface area contributed by atoms with Crippen LogP contribution in [0.2, 0.25) is 0 Å². The minimum atomic E-state index is 0.223. The van der Waals surface area contributed by atoms with Crippen molar-refractivity contribution < 1.29 is 0 Å². The third kappa shape index (κ3) is 5.99. The Labute approximate surface area is 186 Å². The fraction of sp³-hybridized carbons (Fsp3) is 0.600. The fourth-order valence-corrected chi connectivity index (χ4v) is 5.38. The summed E-state index contributed by atoms with van der Waals surface area (Å²) in [4.78, 5) is 0. The van der Waals surface area contributed by atoms with E-state index in [1.54, 1.807) is 27.9 Å². The van der Waals surface area contributed by atoms with Gasteiger partial charge in [0.05, 0.1) is 0 Å². The second kappa shape index (κ2) is 10.2. The fourth-order valence-electron chi connectivity index (χ4n) is 5.38. The molecule has 0 bridgehead atoms. The van der Waals surface area contributed by atoms with Crippen LogP contribution >= 0.6 is 0 Å². The Kier molecular flexibility index (Phi) is 7.83. The van der Waals surface area contributed by atoms with Gasteiger partial charge < -0.3 is 0 Å². The molecule has 0 unspecified atom stereocenters. The van der Waals surface area contributed by atoms with E-state index in [0.29, 0.717) is 5.92 Å². The Morgan fingerprint density at radius 1 is 0.867 bits per heavy atom. The number of hydrogen-bond acceptors (Lipinski definition) is 0. The van der Waals surface area contributed by atoms with Crippen molar-refractivity contribution in [3.8, 4) is 0 Å². The summed E-state index contributed by atoms with van der Waals surface area (Å²) in [6, 6.07) is 0. The predicted molar refractivity (Wildman–Crippen MR) is 133 cm³/mol. The SMILES string of the molecule is CC1=CC[C@H](/C(C)=C/C=C/[C@]2(C)CCC(C)=C[C@@H]2/C=C(\C)[C@H]2CC=C(C)CC2)CC1. The lowest BCUT2D eigenvalue weighted by molar-refractivity contribution is 0.309. The molecular weight excluding hydrogens is 360 g/mol. The minimum Gasteiger partial charge on any atom is -0.0850 e.